The molecule has 0 bridgehead atoms. The van der Waals surface area contributed by atoms with Crippen LogP contribution in [0.1, 0.15) is 19.8 Å². The first kappa shape index (κ1) is 53.0. The molecule has 0 aliphatic carbocycles. The van der Waals surface area contributed by atoms with E-state index in [1.165, 1.54) is 0 Å². The fraction of sp³-hybridized carbons (Fsp3) is 1.00. The topological polar surface area (TPSA) is 166 Å². The van der Waals surface area contributed by atoms with Gasteiger partial charge >= 0.3 is 0 Å². The van der Waals surface area contributed by atoms with Crippen LogP contribution in [0, 0.1) is 0 Å². The molecule has 0 aromatic heterocycles. The third-order valence-electron chi connectivity index (χ3n) is 0.547. The largest absolute Gasteiger partial charge is 0.412 e. The number of hydrogen-bond acceptors (Lipinski definition) is 2. The molecular weight excluding hydrogens is 376 g/mol. The van der Waals surface area contributed by atoms with E-state index in [4.69, 9.17) is 10.2 Å². The minimum absolute atomic E-state index is 0. The van der Waals surface area contributed by atoms with E-state index in [1.54, 1.807) is 0 Å². The Labute approximate surface area is 93.1 Å². The van der Waals surface area contributed by atoms with Crippen LogP contribution in [0.4, 0.5) is 0 Å². The van der Waals surface area contributed by atoms with Crippen molar-refractivity contribution in [3.8, 4) is 0 Å². The number of halogens is 1. The van der Waals surface area contributed by atoms with Gasteiger partial charge in [-0.1, -0.05) is 13.3 Å². The van der Waals surface area contributed by atoms with Crippen LogP contribution in [-0.2, 0) is 22.4 Å². The maximum atomic E-state index is 8.11. The first-order valence-electron chi connectivity index (χ1n) is 2.13. The van der Waals surface area contributed by atoms with Gasteiger partial charge in [-0.05, 0) is 6.42 Å². The van der Waals surface area contributed by atoms with Crippen LogP contribution in [0.25, 0.3) is 0 Å². The van der Waals surface area contributed by atoms with Gasteiger partial charge in [-0.15, -0.1) is 12.4 Å². The zero-order valence-electron chi connectivity index (χ0n) is 6.60. The predicted octanol–water partition coefficient (Wildman–Crippen LogP) is -2.78. The molecule has 0 aliphatic rings. The molecule has 0 rings (SSSR count). The third-order valence-corrected chi connectivity index (χ3v) is 0.547. The van der Waals surface area contributed by atoms with E-state index >= 15 is 0 Å². The van der Waals surface area contributed by atoms with Gasteiger partial charge in [0.1, 0.15) is 0 Å². The van der Waals surface area contributed by atoms with Gasteiger partial charge in [0, 0.05) is 22.4 Å². The van der Waals surface area contributed by atoms with E-state index in [9.17, 15) is 0 Å². The quantitative estimate of drug-likeness (QED) is 0.381. The zero-order valence-corrected chi connectivity index (χ0v) is 9.58. The van der Waals surface area contributed by atoms with Crippen molar-refractivity contribution in [3.05, 3.63) is 0 Å². The molecular formula is C4H19AuClO6. The van der Waals surface area contributed by atoms with Gasteiger partial charge in [0.15, 0.2) is 6.29 Å². The van der Waals surface area contributed by atoms with E-state index in [0.29, 0.717) is 6.42 Å². The third kappa shape index (κ3) is 72.0. The Morgan fingerprint density at radius 3 is 1.25 bits per heavy atom. The van der Waals surface area contributed by atoms with Gasteiger partial charge in [0.2, 0.25) is 0 Å². The maximum absolute atomic E-state index is 8.11. The Morgan fingerprint density at radius 1 is 1.00 bits per heavy atom. The van der Waals surface area contributed by atoms with Gasteiger partial charge in [-0.25, -0.2) is 0 Å². The van der Waals surface area contributed by atoms with Gasteiger partial charge in [-0.2, -0.15) is 0 Å². The molecule has 0 unspecified atom stereocenters. The fourth-order valence-electron chi connectivity index (χ4n) is 0.258. The second kappa shape index (κ2) is 40.9. The molecule has 0 aromatic rings. The molecule has 0 aromatic carbocycles. The molecule has 0 aliphatic heterocycles. The monoisotopic (exact) mass is 395 g/mol. The fourth-order valence-corrected chi connectivity index (χ4v) is 0.258. The summed E-state index contributed by atoms with van der Waals surface area (Å²) < 4.78 is 0. The van der Waals surface area contributed by atoms with E-state index in [-0.39, 0.29) is 56.7 Å². The number of aliphatic hydroxyl groups is 2. The normalized spacial score (nSPS) is 5.00. The molecule has 1 radical (unpaired) electrons. The predicted molar refractivity (Wildman–Crippen MR) is 44.8 cm³/mol. The van der Waals surface area contributed by atoms with Crippen LogP contribution in [-0.4, -0.2) is 38.4 Å². The summed E-state index contributed by atoms with van der Waals surface area (Å²) in [7, 11) is 0. The van der Waals surface area contributed by atoms with E-state index in [1.807, 2.05) is 6.92 Å². The second-order valence-corrected chi connectivity index (χ2v) is 1.27. The molecule has 0 spiro atoms. The minimum Gasteiger partial charge on any atom is -0.412 e. The molecule has 89 valence electrons. The molecule has 0 saturated heterocycles. The Balaban J connectivity index is -0.00000000833. The average molecular weight is 396 g/mol. The maximum Gasteiger partial charge on any atom is 0.151 e. The molecule has 0 amide bonds. The summed E-state index contributed by atoms with van der Waals surface area (Å²) in [6, 6.07) is 0. The number of aliphatic hydroxyl groups excluding tert-OH is 1. The number of rotatable bonds is 2. The van der Waals surface area contributed by atoms with Gasteiger partial charge in [0.25, 0.3) is 0 Å². The Hall–Kier alpha value is 0.790. The average Bonchev–Trinajstić information content (AvgIpc) is 1.35. The van der Waals surface area contributed by atoms with Crippen molar-refractivity contribution in [1.29, 1.82) is 0 Å². The van der Waals surface area contributed by atoms with E-state index in [0.717, 1.165) is 6.42 Å². The van der Waals surface area contributed by atoms with Crippen molar-refractivity contribution in [2.75, 3.05) is 0 Å². The van der Waals surface area contributed by atoms with Crippen molar-refractivity contribution in [2.45, 2.75) is 26.1 Å². The van der Waals surface area contributed by atoms with Crippen molar-refractivity contribution < 1.29 is 54.5 Å². The number of hydrogen-bond donors (Lipinski definition) is 2. The zero-order chi connectivity index (χ0) is 4.99. The van der Waals surface area contributed by atoms with E-state index < -0.39 is 6.29 Å². The van der Waals surface area contributed by atoms with Crippen LogP contribution < -0.4 is 0 Å². The van der Waals surface area contributed by atoms with Crippen LogP contribution in [0.2, 0.25) is 0 Å². The standard InChI is InChI=1S/C4H10O2.Au.ClH.4H2O/c1-2-3-4(5)6;;;;;;/h4-6H,2-3H2,1H3;;1H;4*1H2. The molecule has 0 saturated carbocycles. The second-order valence-electron chi connectivity index (χ2n) is 1.27. The summed E-state index contributed by atoms with van der Waals surface area (Å²) in [4.78, 5) is 0. The van der Waals surface area contributed by atoms with Crippen molar-refractivity contribution >= 4 is 12.4 Å². The Bertz CT molecular complexity index is 40.7. The van der Waals surface area contributed by atoms with Crippen molar-refractivity contribution in [2.24, 2.45) is 0 Å². The summed E-state index contributed by atoms with van der Waals surface area (Å²) in [5.74, 6) is 0. The molecule has 6 nitrogen and oxygen atoms in total. The summed E-state index contributed by atoms with van der Waals surface area (Å²) in [6.45, 7) is 1.90. The molecule has 10 N–H and O–H groups in total. The molecule has 8 heteroatoms. The smallest absolute Gasteiger partial charge is 0.151 e. The van der Waals surface area contributed by atoms with E-state index in [2.05, 4.69) is 0 Å². The Morgan fingerprint density at radius 2 is 1.25 bits per heavy atom. The molecule has 0 atom stereocenters. The summed E-state index contributed by atoms with van der Waals surface area (Å²) in [5.41, 5.74) is 0. The van der Waals surface area contributed by atoms with Crippen LogP contribution in [0.3, 0.4) is 0 Å². The van der Waals surface area contributed by atoms with Crippen molar-refractivity contribution in [1.82, 2.24) is 0 Å². The first-order chi connectivity index (χ1) is 2.77. The molecule has 0 fully saturated rings. The van der Waals surface area contributed by atoms with Crippen LogP contribution >= 0.6 is 12.4 Å². The minimum atomic E-state index is -1.10. The summed E-state index contributed by atoms with van der Waals surface area (Å²) in [6.07, 6.45) is 0.215. The molecule has 12 heavy (non-hydrogen) atoms. The Kier molecular flexibility index (Phi) is 181. The SMILES string of the molecule is CCCC(O)O.Cl.O.O.O.O.[Au]. The van der Waals surface area contributed by atoms with Gasteiger partial charge in [-0.3, -0.25) is 0 Å². The van der Waals surface area contributed by atoms with Gasteiger partial charge < -0.3 is 32.1 Å². The summed E-state index contributed by atoms with van der Waals surface area (Å²) >= 11 is 0. The first-order valence-corrected chi connectivity index (χ1v) is 2.13. The van der Waals surface area contributed by atoms with Crippen LogP contribution in [0.15, 0.2) is 0 Å². The van der Waals surface area contributed by atoms with Crippen molar-refractivity contribution in [3.63, 3.8) is 0 Å². The van der Waals surface area contributed by atoms with Crippen LogP contribution in [0.5, 0.6) is 0 Å². The van der Waals surface area contributed by atoms with Gasteiger partial charge in [0.05, 0.1) is 0 Å². The summed E-state index contributed by atoms with van der Waals surface area (Å²) in [5, 5.41) is 16.2. The molecule has 0 heterocycles.